The molecule has 38 heavy (non-hydrogen) atoms. The summed E-state index contributed by atoms with van der Waals surface area (Å²) in [5.74, 6) is -1.09. The minimum Gasteiger partial charge on any atom is -0.322 e. The predicted molar refractivity (Wildman–Crippen MR) is 138 cm³/mol. The molecular formula is C25H26F3N3O5S2. The quantitative estimate of drug-likeness (QED) is 0.371. The summed E-state index contributed by atoms with van der Waals surface area (Å²) in [6, 6.07) is 13.0. The van der Waals surface area contributed by atoms with Crippen LogP contribution in [0.4, 0.5) is 24.5 Å². The largest absolute Gasteiger partial charge is 0.416 e. The molecular weight excluding hydrogens is 543 g/mol. The second-order valence-corrected chi connectivity index (χ2v) is 12.9. The Bertz CT molecular complexity index is 1560. The average Bonchev–Trinajstić information content (AvgIpc) is 2.83. The van der Waals surface area contributed by atoms with Crippen LogP contribution in [0.3, 0.4) is 0 Å². The van der Waals surface area contributed by atoms with E-state index in [2.05, 4.69) is 14.8 Å². The monoisotopic (exact) mass is 569 g/mol. The number of amides is 1. The molecule has 0 bridgehead atoms. The molecule has 0 fully saturated rings. The van der Waals surface area contributed by atoms with Crippen LogP contribution >= 0.6 is 0 Å². The summed E-state index contributed by atoms with van der Waals surface area (Å²) in [6.07, 6.45) is -4.81. The van der Waals surface area contributed by atoms with Gasteiger partial charge in [-0.3, -0.25) is 9.52 Å². The van der Waals surface area contributed by atoms with Crippen LogP contribution < -0.4 is 14.8 Å². The lowest BCUT2D eigenvalue weighted by molar-refractivity contribution is -0.137. The SMILES string of the molecule is CNS(=O)(=O)c1cccc(NC(=O)c2cc(C(F)(F)F)ccc2NS(=O)(=O)c2ccc(C(C)(C)C)cc2)c1. The van der Waals surface area contributed by atoms with Crippen molar-refractivity contribution in [2.45, 2.75) is 42.2 Å². The van der Waals surface area contributed by atoms with Gasteiger partial charge < -0.3 is 5.32 Å². The lowest BCUT2D eigenvalue weighted by Crippen LogP contribution is -2.21. The molecule has 0 aliphatic rings. The standard InChI is InChI=1S/C25H26F3N3O5S2/c1-24(2,3)16-8-11-19(12-9-16)38(35,36)31-22-13-10-17(25(26,27)28)14-21(22)23(32)30-18-6-5-7-20(15-18)37(33,34)29-4/h5-15,29,31H,1-4H3,(H,30,32). The van der Waals surface area contributed by atoms with Gasteiger partial charge in [-0.25, -0.2) is 21.6 Å². The number of alkyl halides is 3. The van der Waals surface area contributed by atoms with Crippen molar-refractivity contribution in [3.8, 4) is 0 Å². The summed E-state index contributed by atoms with van der Waals surface area (Å²) in [5, 5.41) is 2.33. The minimum atomic E-state index is -4.81. The molecule has 1 amide bonds. The fraction of sp³-hybridized carbons (Fsp3) is 0.240. The van der Waals surface area contributed by atoms with Gasteiger partial charge in [0.05, 0.1) is 26.6 Å². The molecule has 3 rings (SSSR count). The summed E-state index contributed by atoms with van der Waals surface area (Å²) < 4.78 is 94.7. The lowest BCUT2D eigenvalue weighted by atomic mass is 9.87. The highest BCUT2D eigenvalue weighted by molar-refractivity contribution is 7.92. The van der Waals surface area contributed by atoms with Crippen LogP contribution in [0.2, 0.25) is 0 Å². The van der Waals surface area contributed by atoms with Crippen molar-refractivity contribution in [1.82, 2.24) is 4.72 Å². The number of benzene rings is 3. The first kappa shape index (κ1) is 29.1. The van der Waals surface area contributed by atoms with Gasteiger partial charge in [0.25, 0.3) is 15.9 Å². The van der Waals surface area contributed by atoms with Crippen molar-refractivity contribution < 1.29 is 34.8 Å². The van der Waals surface area contributed by atoms with E-state index in [0.717, 1.165) is 17.7 Å². The number of nitrogens with one attached hydrogen (secondary N) is 3. The third-order valence-corrected chi connectivity index (χ3v) is 8.33. The molecule has 0 saturated heterocycles. The highest BCUT2D eigenvalue weighted by Gasteiger charge is 2.32. The third-order valence-electron chi connectivity index (χ3n) is 5.54. The van der Waals surface area contributed by atoms with Crippen LogP contribution in [-0.4, -0.2) is 29.8 Å². The van der Waals surface area contributed by atoms with Crippen LogP contribution in [0.1, 0.15) is 42.3 Å². The van der Waals surface area contributed by atoms with Gasteiger partial charge in [0.1, 0.15) is 0 Å². The van der Waals surface area contributed by atoms with E-state index >= 15 is 0 Å². The maximum atomic E-state index is 13.4. The van der Waals surface area contributed by atoms with Gasteiger partial charge in [-0.2, -0.15) is 13.2 Å². The number of halogens is 3. The zero-order valence-corrected chi connectivity index (χ0v) is 22.5. The molecule has 0 spiro atoms. The van der Waals surface area contributed by atoms with Crippen molar-refractivity contribution >= 4 is 37.3 Å². The van der Waals surface area contributed by atoms with Crippen molar-refractivity contribution in [2.24, 2.45) is 0 Å². The van der Waals surface area contributed by atoms with Gasteiger partial charge in [-0.1, -0.05) is 39.0 Å². The van der Waals surface area contributed by atoms with Crippen LogP contribution in [0.5, 0.6) is 0 Å². The van der Waals surface area contributed by atoms with Gasteiger partial charge in [0.2, 0.25) is 10.0 Å². The first-order valence-electron chi connectivity index (χ1n) is 11.1. The fourth-order valence-electron chi connectivity index (χ4n) is 3.39. The topological polar surface area (TPSA) is 121 Å². The highest BCUT2D eigenvalue weighted by Crippen LogP contribution is 2.33. The average molecular weight is 570 g/mol. The number of hydrogen-bond acceptors (Lipinski definition) is 5. The molecule has 0 unspecified atom stereocenters. The molecule has 0 aliphatic carbocycles. The normalized spacial score (nSPS) is 12.7. The van der Waals surface area contributed by atoms with E-state index < -0.39 is 48.9 Å². The Morgan fingerprint density at radius 1 is 0.763 bits per heavy atom. The third kappa shape index (κ3) is 6.71. The number of rotatable bonds is 7. The smallest absolute Gasteiger partial charge is 0.322 e. The number of sulfonamides is 2. The molecule has 0 aromatic heterocycles. The van der Waals surface area contributed by atoms with E-state index in [1.807, 2.05) is 20.8 Å². The van der Waals surface area contributed by atoms with Crippen molar-refractivity contribution in [1.29, 1.82) is 0 Å². The highest BCUT2D eigenvalue weighted by atomic mass is 32.2. The van der Waals surface area contributed by atoms with E-state index in [4.69, 9.17) is 0 Å². The van der Waals surface area contributed by atoms with E-state index in [1.165, 1.54) is 37.4 Å². The summed E-state index contributed by atoms with van der Waals surface area (Å²) in [5.41, 5.74) is -1.58. The van der Waals surface area contributed by atoms with Gasteiger partial charge in [0.15, 0.2) is 0 Å². The molecule has 204 valence electrons. The number of carbonyl (C=O) groups excluding carboxylic acids is 1. The van der Waals surface area contributed by atoms with Gasteiger partial charge >= 0.3 is 6.18 Å². The van der Waals surface area contributed by atoms with E-state index in [1.54, 1.807) is 12.1 Å². The first-order chi connectivity index (χ1) is 17.4. The molecule has 3 N–H and O–H groups in total. The Morgan fingerprint density at radius 2 is 1.37 bits per heavy atom. The minimum absolute atomic E-state index is 0.0321. The lowest BCUT2D eigenvalue weighted by Gasteiger charge is -2.19. The van der Waals surface area contributed by atoms with Gasteiger partial charge in [-0.05, 0) is 66.6 Å². The predicted octanol–water partition coefficient (Wildman–Crippen LogP) is 4.96. The Hall–Kier alpha value is -3.42. The van der Waals surface area contributed by atoms with Gasteiger partial charge in [-0.15, -0.1) is 0 Å². The summed E-state index contributed by atoms with van der Waals surface area (Å²) >= 11 is 0. The Morgan fingerprint density at radius 3 is 1.92 bits per heavy atom. The maximum absolute atomic E-state index is 13.4. The molecule has 0 heterocycles. The van der Waals surface area contributed by atoms with E-state index in [-0.39, 0.29) is 20.9 Å². The molecule has 8 nitrogen and oxygen atoms in total. The molecule has 0 aliphatic heterocycles. The molecule has 0 saturated carbocycles. The molecule has 3 aromatic carbocycles. The van der Waals surface area contributed by atoms with Crippen molar-refractivity contribution in [3.63, 3.8) is 0 Å². The van der Waals surface area contributed by atoms with Crippen LogP contribution in [0.15, 0.2) is 76.5 Å². The molecule has 0 radical (unpaired) electrons. The van der Waals surface area contributed by atoms with Crippen LogP contribution in [-0.2, 0) is 31.6 Å². The summed E-state index contributed by atoms with van der Waals surface area (Å²) in [4.78, 5) is 12.7. The van der Waals surface area contributed by atoms with Crippen LogP contribution in [0.25, 0.3) is 0 Å². The second kappa shape index (κ2) is 10.4. The molecule has 13 heteroatoms. The zero-order chi connectivity index (χ0) is 28.5. The van der Waals surface area contributed by atoms with Gasteiger partial charge in [0, 0.05) is 5.69 Å². The Kier molecular flexibility index (Phi) is 7.97. The molecule has 3 aromatic rings. The first-order valence-corrected chi connectivity index (χ1v) is 14.1. The second-order valence-electron chi connectivity index (χ2n) is 9.33. The van der Waals surface area contributed by atoms with Crippen molar-refractivity contribution in [2.75, 3.05) is 17.1 Å². The zero-order valence-electron chi connectivity index (χ0n) is 20.8. The fourth-order valence-corrected chi connectivity index (χ4v) is 5.25. The number of anilines is 2. The maximum Gasteiger partial charge on any atom is 0.416 e. The summed E-state index contributed by atoms with van der Waals surface area (Å²) in [6.45, 7) is 5.85. The van der Waals surface area contributed by atoms with E-state index in [0.29, 0.717) is 12.1 Å². The summed E-state index contributed by atoms with van der Waals surface area (Å²) in [7, 11) is -6.95. The Labute approximate surface area is 219 Å². The number of carbonyl (C=O) groups is 1. The number of hydrogen-bond donors (Lipinski definition) is 3. The van der Waals surface area contributed by atoms with Crippen molar-refractivity contribution in [3.05, 3.63) is 83.4 Å². The van der Waals surface area contributed by atoms with E-state index in [9.17, 15) is 34.8 Å². The molecule has 0 atom stereocenters. The Balaban J connectivity index is 2.00. The van der Waals surface area contributed by atoms with Crippen LogP contribution in [0, 0.1) is 0 Å².